The van der Waals surface area contributed by atoms with E-state index in [-0.39, 0.29) is 12.1 Å². The molecule has 1 heterocycles. The number of anilines is 1. The highest BCUT2D eigenvalue weighted by Gasteiger charge is 2.30. The van der Waals surface area contributed by atoms with Gasteiger partial charge in [-0.3, -0.25) is 9.59 Å². The van der Waals surface area contributed by atoms with E-state index in [1.165, 1.54) is 17.0 Å². The van der Waals surface area contributed by atoms with Crippen molar-refractivity contribution >= 4 is 11.6 Å². The molecule has 4 rings (SSSR count). The van der Waals surface area contributed by atoms with Crippen molar-refractivity contribution < 1.29 is 18.0 Å². The number of hydrogen-bond donors (Lipinski definition) is 0. The van der Waals surface area contributed by atoms with Crippen LogP contribution in [0.1, 0.15) is 58.4 Å². The number of aromatic nitrogens is 1. The van der Waals surface area contributed by atoms with Crippen molar-refractivity contribution in [3.8, 4) is 0 Å². The Morgan fingerprint density at radius 1 is 0.941 bits per heavy atom. The standard InChI is InChI=1S/C27H27F3N2O2/c1-31(22-10-6-4-7-11-22)25(33)23-17-20-9-5-2-3-8-12-24(20)32(26(23)34)18-19-13-15-21(16-14-19)27(28,29)30/h4,6-7,10-11,13-17H,2-3,5,8-9,12,18H2,1H3. The van der Waals surface area contributed by atoms with Crippen LogP contribution >= 0.6 is 0 Å². The van der Waals surface area contributed by atoms with Gasteiger partial charge in [0.1, 0.15) is 5.56 Å². The normalized spacial score (nSPS) is 14.1. The smallest absolute Gasteiger partial charge is 0.311 e. The van der Waals surface area contributed by atoms with E-state index in [0.717, 1.165) is 55.5 Å². The van der Waals surface area contributed by atoms with Crippen molar-refractivity contribution in [2.75, 3.05) is 11.9 Å². The molecule has 1 aromatic heterocycles. The molecule has 0 atom stereocenters. The van der Waals surface area contributed by atoms with Gasteiger partial charge in [-0.1, -0.05) is 43.2 Å². The zero-order valence-corrected chi connectivity index (χ0v) is 19.1. The highest BCUT2D eigenvalue weighted by atomic mass is 19.4. The van der Waals surface area contributed by atoms with Gasteiger partial charge >= 0.3 is 6.18 Å². The number of carbonyl (C=O) groups is 1. The Bertz CT molecular complexity index is 1220. The molecular weight excluding hydrogens is 441 g/mol. The van der Waals surface area contributed by atoms with E-state index >= 15 is 0 Å². The summed E-state index contributed by atoms with van der Waals surface area (Å²) in [4.78, 5) is 28.4. The minimum Gasteiger partial charge on any atom is -0.311 e. The molecule has 2 aromatic carbocycles. The van der Waals surface area contributed by atoms with E-state index in [1.54, 1.807) is 29.8 Å². The SMILES string of the molecule is CN(C(=O)c1cc2c(n(Cc3ccc(C(F)(F)F)cc3)c1=O)CCCCCC2)c1ccccc1. The van der Waals surface area contributed by atoms with Crippen LogP contribution in [0.3, 0.4) is 0 Å². The first-order valence-electron chi connectivity index (χ1n) is 11.5. The third kappa shape index (κ3) is 5.08. The summed E-state index contributed by atoms with van der Waals surface area (Å²) in [5.74, 6) is -0.401. The van der Waals surface area contributed by atoms with Gasteiger partial charge < -0.3 is 9.47 Å². The van der Waals surface area contributed by atoms with Crippen LogP contribution in [0.25, 0.3) is 0 Å². The van der Waals surface area contributed by atoms with Crippen LogP contribution in [0.5, 0.6) is 0 Å². The second kappa shape index (κ2) is 9.87. The zero-order valence-electron chi connectivity index (χ0n) is 19.1. The largest absolute Gasteiger partial charge is 0.416 e. The molecule has 0 aliphatic heterocycles. The van der Waals surface area contributed by atoms with Gasteiger partial charge in [0.25, 0.3) is 11.5 Å². The summed E-state index contributed by atoms with van der Waals surface area (Å²) >= 11 is 0. The number of hydrogen-bond acceptors (Lipinski definition) is 2. The number of nitrogens with zero attached hydrogens (tertiary/aromatic N) is 2. The van der Waals surface area contributed by atoms with Crippen molar-refractivity contribution in [2.45, 2.75) is 51.2 Å². The number of amides is 1. The van der Waals surface area contributed by atoms with Crippen molar-refractivity contribution in [1.82, 2.24) is 4.57 Å². The molecule has 0 N–H and O–H groups in total. The quantitative estimate of drug-likeness (QED) is 0.482. The maximum Gasteiger partial charge on any atom is 0.416 e. The van der Waals surface area contributed by atoms with E-state index in [4.69, 9.17) is 0 Å². The van der Waals surface area contributed by atoms with Gasteiger partial charge in [-0.2, -0.15) is 13.2 Å². The first-order valence-corrected chi connectivity index (χ1v) is 11.5. The molecule has 0 saturated carbocycles. The first kappa shape index (κ1) is 23.8. The minimum atomic E-state index is -4.42. The summed E-state index contributed by atoms with van der Waals surface area (Å²) in [5, 5.41) is 0. The van der Waals surface area contributed by atoms with Crippen LogP contribution < -0.4 is 10.5 Å². The Balaban J connectivity index is 1.77. The molecule has 0 unspecified atom stereocenters. The second-order valence-corrected chi connectivity index (χ2v) is 8.73. The van der Waals surface area contributed by atoms with E-state index in [9.17, 15) is 22.8 Å². The average Bonchev–Trinajstić information content (AvgIpc) is 2.81. The minimum absolute atomic E-state index is 0.0811. The van der Waals surface area contributed by atoms with Crippen LogP contribution in [-0.2, 0) is 25.6 Å². The van der Waals surface area contributed by atoms with Gasteiger partial charge in [0.15, 0.2) is 0 Å². The van der Waals surface area contributed by atoms with Crippen molar-refractivity contribution in [1.29, 1.82) is 0 Å². The molecule has 0 radical (unpaired) electrons. The van der Waals surface area contributed by atoms with Crippen LogP contribution in [-0.4, -0.2) is 17.5 Å². The number of halogens is 3. The Kier molecular flexibility index (Phi) is 6.91. The summed E-state index contributed by atoms with van der Waals surface area (Å²) in [6.07, 6.45) is 1.09. The lowest BCUT2D eigenvalue weighted by Crippen LogP contribution is -2.36. The number of benzene rings is 2. The van der Waals surface area contributed by atoms with E-state index in [1.807, 2.05) is 18.2 Å². The molecule has 3 aromatic rings. The van der Waals surface area contributed by atoms with Gasteiger partial charge in [-0.15, -0.1) is 0 Å². The summed E-state index contributed by atoms with van der Waals surface area (Å²) in [7, 11) is 1.63. The summed E-state index contributed by atoms with van der Waals surface area (Å²) in [5.41, 5.74) is 2.05. The molecule has 0 bridgehead atoms. The number of carbonyl (C=O) groups excluding carboxylic acids is 1. The molecular formula is C27H27F3N2O2. The fraction of sp³-hybridized carbons (Fsp3) is 0.333. The van der Waals surface area contributed by atoms with Crippen LogP contribution in [0.4, 0.5) is 18.9 Å². The summed E-state index contributed by atoms with van der Waals surface area (Å²) < 4.78 is 40.5. The molecule has 34 heavy (non-hydrogen) atoms. The van der Waals surface area contributed by atoms with Gasteiger partial charge in [0.05, 0.1) is 12.1 Å². The summed E-state index contributed by atoms with van der Waals surface area (Å²) in [6.45, 7) is 0.121. The molecule has 0 spiro atoms. The van der Waals surface area contributed by atoms with Crippen LogP contribution in [0, 0.1) is 0 Å². The molecule has 1 aliphatic carbocycles. The zero-order chi connectivity index (χ0) is 24.3. The van der Waals surface area contributed by atoms with E-state index in [2.05, 4.69) is 0 Å². The van der Waals surface area contributed by atoms with E-state index in [0.29, 0.717) is 17.7 Å². The van der Waals surface area contributed by atoms with Gasteiger partial charge in [0.2, 0.25) is 0 Å². The number of rotatable bonds is 4. The van der Waals surface area contributed by atoms with Crippen molar-refractivity contribution in [3.63, 3.8) is 0 Å². The van der Waals surface area contributed by atoms with Crippen molar-refractivity contribution in [3.05, 3.63) is 99.0 Å². The predicted molar refractivity (Wildman–Crippen MR) is 126 cm³/mol. The number of pyridine rings is 1. The Labute approximate surface area is 196 Å². The number of alkyl halides is 3. The van der Waals surface area contributed by atoms with Crippen LogP contribution in [0.2, 0.25) is 0 Å². The molecule has 1 aliphatic rings. The lowest BCUT2D eigenvalue weighted by atomic mass is 9.95. The van der Waals surface area contributed by atoms with E-state index < -0.39 is 23.2 Å². The van der Waals surface area contributed by atoms with Crippen LogP contribution in [0.15, 0.2) is 65.5 Å². The monoisotopic (exact) mass is 468 g/mol. The number of fused-ring (bicyclic) bond motifs is 1. The Morgan fingerprint density at radius 2 is 1.59 bits per heavy atom. The molecule has 7 heteroatoms. The third-order valence-electron chi connectivity index (χ3n) is 6.40. The predicted octanol–water partition coefficient (Wildman–Crippen LogP) is 5.85. The lowest BCUT2D eigenvalue weighted by Gasteiger charge is -2.23. The second-order valence-electron chi connectivity index (χ2n) is 8.73. The fourth-order valence-electron chi connectivity index (χ4n) is 4.49. The number of aryl methyl sites for hydroxylation is 1. The molecule has 178 valence electrons. The molecule has 1 amide bonds. The van der Waals surface area contributed by atoms with Crippen molar-refractivity contribution in [2.24, 2.45) is 0 Å². The Hall–Kier alpha value is -3.35. The maximum atomic E-state index is 13.6. The molecule has 4 nitrogen and oxygen atoms in total. The Morgan fingerprint density at radius 3 is 2.24 bits per heavy atom. The first-order chi connectivity index (χ1) is 16.3. The summed E-state index contributed by atoms with van der Waals surface area (Å²) in [6, 6.07) is 15.7. The van der Waals surface area contributed by atoms with Gasteiger partial charge in [-0.25, -0.2) is 0 Å². The molecule has 0 fully saturated rings. The van der Waals surface area contributed by atoms with Gasteiger partial charge in [-0.05, 0) is 67.1 Å². The average molecular weight is 469 g/mol. The lowest BCUT2D eigenvalue weighted by molar-refractivity contribution is -0.137. The topological polar surface area (TPSA) is 42.3 Å². The highest BCUT2D eigenvalue weighted by molar-refractivity contribution is 6.05. The number of para-hydroxylation sites is 1. The maximum absolute atomic E-state index is 13.6. The third-order valence-corrected chi connectivity index (χ3v) is 6.40. The fourth-order valence-corrected chi connectivity index (χ4v) is 4.49. The highest BCUT2D eigenvalue weighted by Crippen LogP contribution is 2.29. The molecule has 0 saturated heterocycles. The van der Waals surface area contributed by atoms with Gasteiger partial charge in [0, 0.05) is 18.4 Å².